The second-order valence-electron chi connectivity index (χ2n) is 20.9. The Labute approximate surface area is 475 Å². The molecule has 6 heteroatoms. The fraction of sp³-hybridized carbons (Fsp3) is 0.676. The first-order chi connectivity index (χ1) is 38.0. The van der Waals surface area contributed by atoms with Crippen molar-refractivity contribution >= 4 is 17.9 Å². The minimum Gasteiger partial charge on any atom is -0.462 e. The number of rotatable bonds is 57. The maximum atomic E-state index is 12.8. The second kappa shape index (κ2) is 64.3. The molecule has 6 nitrogen and oxygen atoms in total. The monoisotopic (exact) mass is 1070 g/mol. The normalized spacial score (nSPS) is 12.9. The van der Waals surface area contributed by atoms with Gasteiger partial charge in [-0.15, -0.1) is 0 Å². The molecule has 1 unspecified atom stereocenters. The molecule has 0 rings (SSSR count). The van der Waals surface area contributed by atoms with Gasteiger partial charge in [0.25, 0.3) is 0 Å². The van der Waals surface area contributed by atoms with E-state index in [-0.39, 0.29) is 37.5 Å². The molecule has 0 aromatic carbocycles. The van der Waals surface area contributed by atoms with Gasteiger partial charge in [-0.25, -0.2) is 0 Å². The summed E-state index contributed by atoms with van der Waals surface area (Å²) in [6, 6.07) is 0. The zero-order chi connectivity index (χ0) is 55.7. The summed E-state index contributed by atoms with van der Waals surface area (Å²) in [5.41, 5.74) is 0. The van der Waals surface area contributed by atoms with E-state index < -0.39 is 6.10 Å². The van der Waals surface area contributed by atoms with Crippen molar-refractivity contribution in [1.29, 1.82) is 0 Å². The summed E-state index contributed by atoms with van der Waals surface area (Å²) in [6.45, 7) is 6.37. The van der Waals surface area contributed by atoms with Gasteiger partial charge in [0.2, 0.25) is 0 Å². The zero-order valence-corrected chi connectivity index (χ0v) is 50.2. The zero-order valence-electron chi connectivity index (χ0n) is 50.2. The van der Waals surface area contributed by atoms with Gasteiger partial charge in [-0.05, 0) is 128 Å². The summed E-state index contributed by atoms with van der Waals surface area (Å²) in [5, 5.41) is 0. The molecule has 0 spiro atoms. The average molecular weight is 1070 g/mol. The predicted octanol–water partition coefficient (Wildman–Crippen LogP) is 22.0. The summed E-state index contributed by atoms with van der Waals surface area (Å²) in [6.07, 6.45) is 89.4. The van der Waals surface area contributed by atoms with Crippen LogP contribution in [0.3, 0.4) is 0 Å². The highest BCUT2D eigenvalue weighted by Gasteiger charge is 2.19. The van der Waals surface area contributed by atoms with Crippen LogP contribution >= 0.6 is 0 Å². The van der Waals surface area contributed by atoms with Crippen LogP contribution in [0.1, 0.15) is 290 Å². The number of hydrogen-bond donors (Lipinski definition) is 0. The van der Waals surface area contributed by atoms with Crippen LogP contribution in [0, 0.1) is 0 Å². The number of carbonyl (C=O) groups is 3. The lowest BCUT2D eigenvalue weighted by Crippen LogP contribution is -2.30. The Balaban J connectivity index is 4.18. The lowest BCUT2D eigenvalue weighted by atomic mass is 10.0. The molecule has 0 saturated carbocycles. The van der Waals surface area contributed by atoms with Crippen LogP contribution in [0.4, 0.5) is 0 Å². The summed E-state index contributed by atoms with van der Waals surface area (Å²) in [5.74, 6) is -0.929. The minimum atomic E-state index is -0.798. The molecule has 0 bridgehead atoms. The molecule has 0 aliphatic carbocycles. The molecule has 0 saturated heterocycles. The average Bonchev–Trinajstić information content (AvgIpc) is 3.43. The van der Waals surface area contributed by atoms with Gasteiger partial charge in [0.15, 0.2) is 6.10 Å². The highest BCUT2D eigenvalue weighted by molar-refractivity contribution is 5.71. The van der Waals surface area contributed by atoms with E-state index >= 15 is 0 Å². The standard InChI is InChI=1S/C71H118O6/c1-4-7-10-13-16-19-22-25-26-27-28-29-30-31-32-33-34-35-36-37-38-39-40-41-42-43-44-47-49-52-55-58-61-64-70(73)76-67-68(77-71(74)65-62-59-56-53-50-46-24-21-18-15-12-9-6-3)66-75-69(72)63-60-57-54-51-48-45-23-20-17-14-11-8-5-2/h7,9-10,12,16,18-21,23,25-26,28-29,31-32,34-35,46,50,68H,4-6,8,11,13-15,17,22,24,27,30,33,36-45,47-49,51-67H2,1-3H3/b10-7-,12-9-,19-16-,21-18-,23-20-,26-25-,29-28-,32-31-,35-34-,50-46-. The molecule has 0 fully saturated rings. The van der Waals surface area contributed by atoms with E-state index in [4.69, 9.17) is 14.2 Å². The lowest BCUT2D eigenvalue weighted by Gasteiger charge is -2.18. The molecule has 0 heterocycles. The first kappa shape index (κ1) is 72.8. The SMILES string of the molecule is CC/C=C\C/C=C\C/C=C\C/C=C\C/C=C\C/C=C\CCCCCCCCCCCCCCCCC(=O)OCC(COC(=O)CCCCCCC/C=C\CCCCCC)OC(=O)CCCCC/C=C\C/C=C\C/C=C\CC. The first-order valence-electron chi connectivity index (χ1n) is 32.0. The summed E-state index contributed by atoms with van der Waals surface area (Å²) >= 11 is 0. The summed E-state index contributed by atoms with van der Waals surface area (Å²) < 4.78 is 16.8. The van der Waals surface area contributed by atoms with Crippen molar-refractivity contribution in [2.45, 2.75) is 297 Å². The van der Waals surface area contributed by atoms with Crippen LogP contribution < -0.4 is 0 Å². The summed E-state index contributed by atoms with van der Waals surface area (Å²) in [4.78, 5) is 38.2. The van der Waals surface area contributed by atoms with Crippen molar-refractivity contribution in [3.63, 3.8) is 0 Å². The second-order valence-corrected chi connectivity index (χ2v) is 20.9. The molecular weight excluding hydrogens is 949 g/mol. The molecule has 0 aromatic heterocycles. The highest BCUT2D eigenvalue weighted by Crippen LogP contribution is 2.16. The van der Waals surface area contributed by atoms with Gasteiger partial charge in [-0.1, -0.05) is 264 Å². The lowest BCUT2D eigenvalue weighted by molar-refractivity contribution is -0.167. The van der Waals surface area contributed by atoms with Crippen LogP contribution in [-0.4, -0.2) is 37.2 Å². The maximum absolute atomic E-state index is 12.8. The smallest absolute Gasteiger partial charge is 0.306 e. The van der Waals surface area contributed by atoms with Gasteiger partial charge in [0.05, 0.1) is 0 Å². The highest BCUT2D eigenvalue weighted by atomic mass is 16.6. The van der Waals surface area contributed by atoms with Gasteiger partial charge in [0.1, 0.15) is 13.2 Å². The van der Waals surface area contributed by atoms with Crippen LogP contribution in [-0.2, 0) is 28.6 Å². The number of hydrogen-bond acceptors (Lipinski definition) is 6. The number of ether oxygens (including phenoxy) is 3. The quantitative estimate of drug-likeness (QED) is 0.0261. The largest absolute Gasteiger partial charge is 0.462 e. The van der Waals surface area contributed by atoms with Gasteiger partial charge >= 0.3 is 17.9 Å². The van der Waals surface area contributed by atoms with Gasteiger partial charge in [-0.3, -0.25) is 14.4 Å². The van der Waals surface area contributed by atoms with E-state index in [1.54, 1.807) is 0 Å². The van der Waals surface area contributed by atoms with Gasteiger partial charge < -0.3 is 14.2 Å². The molecule has 0 aliphatic heterocycles. The third-order valence-electron chi connectivity index (χ3n) is 13.4. The number of unbranched alkanes of at least 4 members (excludes halogenated alkanes) is 26. The minimum absolute atomic E-state index is 0.0930. The number of allylic oxidation sites excluding steroid dienone is 20. The molecule has 0 aliphatic rings. The molecule has 1 atom stereocenters. The fourth-order valence-corrected chi connectivity index (χ4v) is 8.69. The Morgan fingerprint density at radius 3 is 0.818 bits per heavy atom. The van der Waals surface area contributed by atoms with E-state index in [1.165, 1.54) is 122 Å². The van der Waals surface area contributed by atoms with Gasteiger partial charge in [-0.2, -0.15) is 0 Å². The molecule has 0 radical (unpaired) electrons. The first-order valence-corrected chi connectivity index (χ1v) is 32.0. The van der Waals surface area contributed by atoms with E-state index in [2.05, 4.69) is 142 Å². The Morgan fingerprint density at radius 1 is 0.273 bits per heavy atom. The maximum Gasteiger partial charge on any atom is 0.306 e. The molecule has 0 aromatic rings. The Bertz CT molecular complexity index is 1600. The van der Waals surface area contributed by atoms with Crippen LogP contribution in [0.15, 0.2) is 122 Å². The van der Waals surface area contributed by atoms with Crippen LogP contribution in [0.5, 0.6) is 0 Å². The van der Waals surface area contributed by atoms with E-state index in [1.807, 2.05) is 0 Å². The third-order valence-corrected chi connectivity index (χ3v) is 13.4. The third kappa shape index (κ3) is 62.5. The molecular formula is C71H118O6. The van der Waals surface area contributed by atoms with Crippen LogP contribution in [0.25, 0.3) is 0 Å². The molecule has 77 heavy (non-hydrogen) atoms. The van der Waals surface area contributed by atoms with Crippen molar-refractivity contribution in [3.8, 4) is 0 Å². The molecule has 438 valence electrons. The Hall–Kier alpha value is -4.19. The topological polar surface area (TPSA) is 78.9 Å². The predicted molar refractivity (Wildman–Crippen MR) is 334 cm³/mol. The van der Waals surface area contributed by atoms with E-state index in [9.17, 15) is 14.4 Å². The molecule has 0 amide bonds. The van der Waals surface area contributed by atoms with Crippen molar-refractivity contribution in [1.82, 2.24) is 0 Å². The van der Waals surface area contributed by atoms with Crippen LogP contribution in [0.2, 0.25) is 0 Å². The fourth-order valence-electron chi connectivity index (χ4n) is 8.69. The van der Waals surface area contributed by atoms with Crippen molar-refractivity contribution in [3.05, 3.63) is 122 Å². The Morgan fingerprint density at radius 2 is 0.506 bits per heavy atom. The van der Waals surface area contributed by atoms with Crippen molar-refractivity contribution in [2.24, 2.45) is 0 Å². The summed E-state index contributed by atoms with van der Waals surface area (Å²) in [7, 11) is 0. The van der Waals surface area contributed by atoms with Crippen molar-refractivity contribution in [2.75, 3.05) is 13.2 Å². The van der Waals surface area contributed by atoms with Gasteiger partial charge in [0, 0.05) is 19.3 Å². The van der Waals surface area contributed by atoms with E-state index in [0.717, 1.165) is 128 Å². The number of carbonyl (C=O) groups excluding carboxylic acids is 3. The Kier molecular flexibility index (Phi) is 60.8. The van der Waals surface area contributed by atoms with E-state index in [0.29, 0.717) is 12.8 Å². The number of esters is 3. The molecule has 0 N–H and O–H groups in total. The van der Waals surface area contributed by atoms with Crippen molar-refractivity contribution < 1.29 is 28.6 Å².